The molecular formula is C12H20N2O5. The standard InChI is InChI=1S/C12H20N2O5/c1-18-10-4-2-3-8(10)13-12(17)14-5-6-19-7-9(14)11(15)16/h8-10H,2-7H2,1H3,(H,13,17)(H,15,16). The molecule has 0 radical (unpaired) electrons. The summed E-state index contributed by atoms with van der Waals surface area (Å²) in [4.78, 5) is 24.6. The molecule has 0 aromatic carbocycles. The summed E-state index contributed by atoms with van der Waals surface area (Å²) < 4.78 is 10.4. The highest BCUT2D eigenvalue weighted by molar-refractivity contribution is 5.83. The fourth-order valence-electron chi connectivity index (χ4n) is 2.67. The average molecular weight is 272 g/mol. The summed E-state index contributed by atoms with van der Waals surface area (Å²) in [5.41, 5.74) is 0. The molecule has 2 fully saturated rings. The quantitative estimate of drug-likeness (QED) is 0.758. The molecule has 0 aromatic heterocycles. The lowest BCUT2D eigenvalue weighted by Crippen LogP contribution is -2.57. The van der Waals surface area contributed by atoms with Crippen molar-refractivity contribution in [3.63, 3.8) is 0 Å². The number of carbonyl (C=O) groups excluding carboxylic acids is 1. The number of urea groups is 1. The van der Waals surface area contributed by atoms with Gasteiger partial charge in [0.25, 0.3) is 0 Å². The molecule has 0 spiro atoms. The highest BCUT2D eigenvalue weighted by Gasteiger charge is 2.35. The van der Waals surface area contributed by atoms with Crippen LogP contribution in [0.1, 0.15) is 19.3 Å². The van der Waals surface area contributed by atoms with Gasteiger partial charge in [0.1, 0.15) is 0 Å². The first-order valence-electron chi connectivity index (χ1n) is 6.54. The highest BCUT2D eigenvalue weighted by atomic mass is 16.5. The van der Waals surface area contributed by atoms with Gasteiger partial charge < -0.3 is 24.8 Å². The first-order chi connectivity index (χ1) is 9.13. The number of nitrogens with zero attached hydrogens (tertiary/aromatic N) is 1. The van der Waals surface area contributed by atoms with Crippen molar-refractivity contribution in [3.8, 4) is 0 Å². The third-order valence-electron chi connectivity index (χ3n) is 3.74. The largest absolute Gasteiger partial charge is 0.480 e. The summed E-state index contributed by atoms with van der Waals surface area (Å²) in [5.74, 6) is -1.04. The van der Waals surface area contributed by atoms with Crippen LogP contribution in [0, 0.1) is 0 Å². The van der Waals surface area contributed by atoms with Crippen molar-refractivity contribution in [2.45, 2.75) is 37.5 Å². The van der Waals surface area contributed by atoms with Gasteiger partial charge in [-0.05, 0) is 19.3 Å². The normalized spacial score (nSPS) is 31.2. The van der Waals surface area contributed by atoms with Crippen molar-refractivity contribution in [1.82, 2.24) is 10.2 Å². The zero-order valence-electron chi connectivity index (χ0n) is 11.0. The molecule has 1 saturated heterocycles. The summed E-state index contributed by atoms with van der Waals surface area (Å²) in [6.45, 7) is 0.712. The van der Waals surface area contributed by atoms with Crippen LogP contribution in [0.3, 0.4) is 0 Å². The Morgan fingerprint density at radius 3 is 2.89 bits per heavy atom. The van der Waals surface area contributed by atoms with Gasteiger partial charge in [-0.3, -0.25) is 0 Å². The summed E-state index contributed by atoms with van der Waals surface area (Å²) in [6.07, 6.45) is 2.82. The zero-order valence-corrected chi connectivity index (χ0v) is 11.0. The van der Waals surface area contributed by atoms with E-state index in [9.17, 15) is 9.59 Å². The number of nitrogens with one attached hydrogen (secondary N) is 1. The second-order valence-electron chi connectivity index (χ2n) is 4.88. The number of ether oxygens (including phenoxy) is 2. The van der Waals surface area contributed by atoms with E-state index in [0.717, 1.165) is 19.3 Å². The van der Waals surface area contributed by atoms with Crippen molar-refractivity contribution >= 4 is 12.0 Å². The van der Waals surface area contributed by atoms with Crippen molar-refractivity contribution in [2.24, 2.45) is 0 Å². The molecule has 0 aromatic rings. The van der Waals surface area contributed by atoms with E-state index in [1.807, 2.05) is 0 Å². The highest BCUT2D eigenvalue weighted by Crippen LogP contribution is 2.22. The number of methoxy groups -OCH3 is 1. The maximum atomic E-state index is 12.2. The minimum absolute atomic E-state index is 0.0215. The van der Waals surface area contributed by atoms with Crippen molar-refractivity contribution in [1.29, 1.82) is 0 Å². The van der Waals surface area contributed by atoms with Gasteiger partial charge in [0.15, 0.2) is 6.04 Å². The summed E-state index contributed by atoms with van der Waals surface area (Å²) in [5, 5.41) is 12.0. The number of carboxylic acid groups (broad SMARTS) is 1. The minimum Gasteiger partial charge on any atom is -0.480 e. The lowest BCUT2D eigenvalue weighted by atomic mass is 10.2. The van der Waals surface area contributed by atoms with Crippen LogP contribution in [0.25, 0.3) is 0 Å². The SMILES string of the molecule is COC1CCCC1NC(=O)N1CCOCC1C(=O)O. The van der Waals surface area contributed by atoms with Crippen LogP contribution in [0.5, 0.6) is 0 Å². The van der Waals surface area contributed by atoms with Crippen LogP contribution in [0.2, 0.25) is 0 Å². The molecule has 3 unspecified atom stereocenters. The lowest BCUT2D eigenvalue weighted by molar-refractivity contribution is -0.147. The molecule has 108 valence electrons. The van der Waals surface area contributed by atoms with Crippen LogP contribution in [0.4, 0.5) is 4.79 Å². The zero-order chi connectivity index (χ0) is 13.8. The number of morpholine rings is 1. The first kappa shape index (κ1) is 14.1. The monoisotopic (exact) mass is 272 g/mol. The van der Waals surface area contributed by atoms with Gasteiger partial charge in [0.05, 0.1) is 25.4 Å². The number of amides is 2. The summed E-state index contributed by atoms with van der Waals surface area (Å²) in [6, 6.07) is -1.28. The van der Waals surface area contributed by atoms with Gasteiger partial charge in [0, 0.05) is 13.7 Å². The Kier molecular flexibility index (Phi) is 4.60. The molecule has 2 rings (SSSR count). The average Bonchev–Trinajstić information content (AvgIpc) is 2.85. The Morgan fingerprint density at radius 1 is 1.42 bits per heavy atom. The van der Waals surface area contributed by atoms with Crippen LogP contribution >= 0.6 is 0 Å². The topological polar surface area (TPSA) is 88.1 Å². The second-order valence-corrected chi connectivity index (χ2v) is 4.88. The molecule has 1 saturated carbocycles. The van der Waals surface area contributed by atoms with Crippen molar-refractivity contribution in [3.05, 3.63) is 0 Å². The predicted octanol–water partition coefficient (Wildman–Crippen LogP) is 0.0489. The lowest BCUT2D eigenvalue weighted by Gasteiger charge is -2.34. The molecule has 1 aliphatic heterocycles. The first-order valence-corrected chi connectivity index (χ1v) is 6.54. The number of aliphatic carboxylic acids is 1. The van der Waals surface area contributed by atoms with E-state index in [1.54, 1.807) is 7.11 Å². The van der Waals surface area contributed by atoms with E-state index in [-0.39, 0.29) is 24.8 Å². The van der Waals surface area contributed by atoms with Crippen LogP contribution in [-0.2, 0) is 14.3 Å². The van der Waals surface area contributed by atoms with Crippen LogP contribution < -0.4 is 5.32 Å². The van der Waals surface area contributed by atoms with Gasteiger partial charge in [-0.25, -0.2) is 9.59 Å². The minimum atomic E-state index is -1.04. The third kappa shape index (κ3) is 3.16. The maximum absolute atomic E-state index is 12.2. The Balaban J connectivity index is 1.95. The molecule has 2 N–H and O–H groups in total. The van der Waals surface area contributed by atoms with E-state index in [1.165, 1.54) is 4.90 Å². The fraction of sp³-hybridized carbons (Fsp3) is 0.833. The van der Waals surface area contributed by atoms with E-state index in [0.29, 0.717) is 13.2 Å². The molecule has 19 heavy (non-hydrogen) atoms. The van der Waals surface area contributed by atoms with Crippen molar-refractivity contribution in [2.75, 3.05) is 26.9 Å². The Morgan fingerprint density at radius 2 is 2.21 bits per heavy atom. The smallest absolute Gasteiger partial charge is 0.328 e. The second kappa shape index (κ2) is 6.21. The molecule has 3 atom stereocenters. The number of carbonyl (C=O) groups is 2. The summed E-state index contributed by atoms with van der Waals surface area (Å²) in [7, 11) is 1.63. The van der Waals surface area contributed by atoms with Crippen molar-refractivity contribution < 1.29 is 24.2 Å². The Bertz CT molecular complexity index is 349. The summed E-state index contributed by atoms with van der Waals surface area (Å²) >= 11 is 0. The molecule has 7 nitrogen and oxygen atoms in total. The fourth-order valence-corrected chi connectivity index (χ4v) is 2.67. The predicted molar refractivity (Wildman–Crippen MR) is 65.9 cm³/mol. The van der Waals surface area contributed by atoms with E-state index in [4.69, 9.17) is 14.6 Å². The number of rotatable bonds is 3. The van der Waals surface area contributed by atoms with Gasteiger partial charge in [0.2, 0.25) is 0 Å². The van der Waals surface area contributed by atoms with Crippen LogP contribution in [-0.4, -0.2) is 67.1 Å². The number of hydrogen-bond donors (Lipinski definition) is 2. The third-order valence-corrected chi connectivity index (χ3v) is 3.74. The van der Waals surface area contributed by atoms with Gasteiger partial charge >= 0.3 is 12.0 Å². The Labute approximate surface area is 111 Å². The van der Waals surface area contributed by atoms with Gasteiger partial charge in [-0.1, -0.05) is 0 Å². The molecular weight excluding hydrogens is 252 g/mol. The number of carboxylic acids is 1. The number of hydrogen-bond acceptors (Lipinski definition) is 4. The Hall–Kier alpha value is -1.34. The van der Waals surface area contributed by atoms with Crippen LogP contribution in [0.15, 0.2) is 0 Å². The molecule has 7 heteroatoms. The molecule has 0 bridgehead atoms. The molecule has 1 aliphatic carbocycles. The molecule has 2 amide bonds. The molecule has 2 aliphatic rings. The molecule has 1 heterocycles. The maximum Gasteiger partial charge on any atom is 0.328 e. The van der Waals surface area contributed by atoms with Gasteiger partial charge in [-0.2, -0.15) is 0 Å². The van der Waals surface area contributed by atoms with E-state index in [2.05, 4.69) is 5.32 Å². The van der Waals surface area contributed by atoms with E-state index < -0.39 is 12.0 Å². The van der Waals surface area contributed by atoms with E-state index >= 15 is 0 Å². The van der Waals surface area contributed by atoms with Gasteiger partial charge in [-0.15, -0.1) is 0 Å².